The van der Waals surface area contributed by atoms with Crippen LogP contribution < -0.4 is 9.47 Å². The smallest absolute Gasteiger partial charge is 0.210 e. The van der Waals surface area contributed by atoms with Gasteiger partial charge >= 0.3 is 0 Å². The summed E-state index contributed by atoms with van der Waals surface area (Å²) in [6.07, 6.45) is 2.59. The molecule has 0 N–H and O–H groups in total. The first kappa shape index (κ1) is 18.8. The van der Waals surface area contributed by atoms with E-state index in [4.69, 9.17) is 9.47 Å². The maximum Gasteiger partial charge on any atom is 0.210 e. The highest BCUT2D eigenvalue weighted by molar-refractivity contribution is 5.49. The summed E-state index contributed by atoms with van der Waals surface area (Å²) in [6.45, 7) is 4.17. The minimum absolute atomic E-state index is 0.124. The van der Waals surface area contributed by atoms with Crippen LogP contribution in [0.2, 0.25) is 0 Å². The van der Waals surface area contributed by atoms with E-state index in [1.165, 1.54) is 11.1 Å². The Morgan fingerprint density at radius 2 is 1.16 bits per heavy atom. The van der Waals surface area contributed by atoms with E-state index in [2.05, 4.69) is 13.8 Å². The molecule has 0 aliphatic heterocycles. The first-order chi connectivity index (χ1) is 12.1. The maximum atomic E-state index is 11.7. The third-order valence-electron chi connectivity index (χ3n) is 4.52. The third-order valence-corrected chi connectivity index (χ3v) is 4.52. The van der Waals surface area contributed by atoms with Gasteiger partial charge in [0.15, 0.2) is 0 Å². The molecule has 4 heteroatoms. The summed E-state index contributed by atoms with van der Waals surface area (Å²) in [4.78, 5) is 13.6. The Hall–Kier alpha value is -2.49. The molecular formula is C21H27NO3. The first-order valence-electron chi connectivity index (χ1n) is 8.56. The number of carbonyl (C=O) groups excluding carboxylic acids is 1. The highest BCUT2D eigenvalue weighted by atomic mass is 16.5. The molecule has 1 amide bonds. The predicted molar refractivity (Wildman–Crippen MR) is 100 cm³/mol. The van der Waals surface area contributed by atoms with Crippen molar-refractivity contribution < 1.29 is 14.3 Å². The molecule has 134 valence electrons. The normalized spacial score (nSPS) is 13.0. The number of rotatable bonds is 9. The van der Waals surface area contributed by atoms with Gasteiger partial charge in [-0.2, -0.15) is 0 Å². The number of methoxy groups -OCH3 is 2. The molecule has 0 heterocycles. The monoisotopic (exact) mass is 341 g/mol. The summed E-state index contributed by atoms with van der Waals surface area (Å²) >= 11 is 0. The molecule has 0 saturated carbocycles. The van der Waals surface area contributed by atoms with Crippen LogP contribution in [0.5, 0.6) is 11.5 Å². The summed E-state index contributed by atoms with van der Waals surface area (Å²) in [5.41, 5.74) is 2.38. The van der Waals surface area contributed by atoms with Crippen LogP contribution in [0.3, 0.4) is 0 Å². The fourth-order valence-electron chi connectivity index (χ4n) is 3.06. The SMILES string of the molecule is COc1ccc(CC(C)N(C=O)C(C)Cc2ccc(OC)cc2)cc1. The molecule has 2 rings (SSSR count). The summed E-state index contributed by atoms with van der Waals surface area (Å²) in [7, 11) is 3.32. The number of hydrogen-bond acceptors (Lipinski definition) is 3. The van der Waals surface area contributed by atoms with Crippen LogP contribution in [0.1, 0.15) is 25.0 Å². The molecule has 4 nitrogen and oxygen atoms in total. The number of hydrogen-bond donors (Lipinski definition) is 0. The van der Waals surface area contributed by atoms with Crippen LogP contribution in [0.4, 0.5) is 0 Å². The van der Waals surface area contributed by atoms with Crippen molar-refractivity contribution >= 4 is 6.41 Å². The topological polar surface area (TPSA) is 38.8 Å². The molecule has 0 bridgehead atoms. The average Bonchev–Trinajstić information content (AvgIpc) is 2.63. The van der Waals surface area contributed by atoms with E-state index in [0.29, 0.717) is 0 Å². The fraction of sp³-hybridized carbons (Fsp3) is 0.381. The zero-order valence-corrected chi connectivity index (χ0v) is 15.4. The van der Waals surface area contributed by atoms with Crippen LogP contribution in [0.15, 0.2) is 48.5 Å². The maximum absolute atomic E-state index is 11.7. The van der Waals surface area contributed by atoms with Crippen molar-refractivity contribution in [2.45, 2.75) is 38.8 Å². The van der Waals surface area contributed by atoms with Gasteiger partial charge in [-0.3, -0.25) is 4.79 Å². The van der Waals surface area contributed by atoms with E-state index in [0.717, 1.165) is 30.8 Å². The van der Waals surface area contributed by atoms with E-state index < -0.39 is 0 Å². The van der Waals surface area contributed by atoms with Gasteiger partial charge in [0.25, 0.3) is 0 Å². The van der Waals surface area contributed by atoms with Crippen molar-refractivity contribution in [2.75, 3.05) is 14.2 Å². The Bertz CT molecular complexity index is 596. The van der Waals surface area contributed by atoms with E-state index in [1.54, 1.807) is 14.2 Å². The van der Waals surface area contributed by atoms with E-state index >= 15 is 0 Å². The van der Waals surface area contributed by atoms with Crippen LogP contribution in [0, 0.1) is 0 Å². The summed E-state index contributed by atoms with van der Waals surface area (Å²) in [5, 5.41) is 0. The molecule has 0 saturated heterocycles. The standard InChI is InChI=1S/C21H27NO3/c1-16(13-18-5-9-20(24-3)10-6-18)22(15-23)17(2)14-19-7-11-21(25-4)12-8-19/h5-12,15-17H,13-14H2,1-4H3. The van der Waals surface area contributed by atoms with Crippen LogP contribution >= 0.6 is 0 Å². The molecule has 0 spiro atoms. The Balaban J connectivity index is 1.98. The zero-order valence-electron chi connectivity index (χ0n) is 15.4. The van der Waals surface area contributed by atoms with Gasteiger partial charge in [-0.15, -0.1) is 0 Å². The van der Waals surface area contributed by atoms with Crippen LogP contribution in [-0.4, -0.2) is 37.6 Å². The fourth-order valence-corrected chi connectivity index (χ4v) is 3.06. The molecule has 0 aromatic heterocycles. The van der Waals surface area contributed by atoms with Crippen LogP contribution in [0.25, 0.3) is 0 Å². The lowest BCUT2D eigenvalue weighted by Crippen LogP contribution is -2.41. The number of ether oxygens (including phenoxy) is 2. The largest absolute Gasteiger partial charge is 0.497 e. The number of carbonyl (C=O) groups is 1. The summed E-state index contributed by atoms with van der Waals surface area (Å²) < 4.78 is 10.4. The quantitative estimate of drug-likeness (QED) is 0.653. The third kappa shape index (κ3) is 5.24. The molecule has 2 aromatic carbocycles. The molecular weight excluding hydrogens is 314 g/mol. The summed E-state index contributed by atoms with van der Waals surface area (Å²) in [6, 6.07) is 16.3. The Morgan fingerprint density at radius 1 is 0.800 bits per heavy atom. The number of nitrogens with zero attached hydrogens (tertiary/aromatic N) is 1. The van der Waals surface area contributed by atoms with Gasteiger partial charge in [-0.25, -0.2) is 0 Å². The van der Waals surface area contributed by atoms with Crippen molar-refractivity contribution in [2.24, 2.45) is 0 Å². The minimum atomic E-state index is 0.124. The Labute approximate surface area is 150 Å². The number of benzene rings is 2. The van der Waals surface area contributed by atoms with Gasteiger partial charge < -0.3 is 14.4 Å². The van der Waals surface area contributed by atoms with Gasteiger partial charge in [0.1, 0.15) is 11.5 Å². The summed E-state index contributed by atoms with van der Waals surface area (Å²) in [5.74, 6) is 1.69. The van der Waals surface area contributed by atoms with Gasteiger partial charge in [0, 0.05) is 12.1 Å². The molecule has 2 unspecified atom stereocenters. The second-order valence-electron chi connectivity index (χ2n) is 6.36. The lowest BCUT2D eigenvalue weighted by Gasteiger charge is -2.31. The van der Waals surface area contributed by atoms with Crippen molar-refractivity contribution in [3.05, 3.63) is 59.7 Å². The molecule has 0 radical (unpaired) electrons. The second kappa shape index (κ2) is 9.11. The molecule has 2 aromatic rings. The molecule has 0 aliphatic carbocycles. The van der Waals surface area contributed by atoms with Gasteiger partial charge in [-0.1, -0.05) is 24.3 Å². The zero-order chi connectivity index (χ0) is 18.2. The van der Waals surface area contributed by atoms with E-state index in [9.17, 15) is 4.79 Å². The highest BCUT2D eigenvalue weighted by Crippen LogP contribution is 2.18. The van der Waals surface area contributed by atoms with Crippen LogP contribution in [-0.2, 0) is 17.6 Å². The first-order valence-corrected chi connectivity index (χ1v) is 8.56. The van der Waals surface area contributed by atoms with Gasteiger partial charge in [0.05, 0.1) is 14.2 Å². The van der Waals surface area contributed by atoms with Crippen molar-refractivity contribution in [3.8, 4) is 11.5 Å². The molecule has 2 atom stereocenters. The predicted octanol–water partition coefficient (Wildman–Crippen LogP) is 3.72. The Kier molecular flexibility index (Phi) is 6.87. The lowest BCUT2D eigenvalue weighted by molar-refractivity contribution is -0.121. The van der Waals surface area contributed by atoms with Crippen molar-refractivity contribution in [1.29, 1.82) is 0 Å². The van der Waals surface area contributed by atoms with E-state index in [1.807, 2.05) is 53.4 Å². The number of amides is 1. The Morgan fingerprint density at radius 3 is 1.44 bits per heavy atom. The highest BCUT2D eigenvalue weighted by Gasteiger charge is 2.19. The van der Waals surface area contributed by atoms with Crippen molar-refractivity contribution in [3.63, 3.8) is 0 Å². The van der Waals surface area contributed by atoms with Gasteiger partial charge in [-0.05, 0) is 62.1 Å². The minimum Gasteiger partial charge on any atom is -0.497 e. The lowest BCUT2D eigenvalue weighted by atomic mass is 10.0. The van der Waals surface area contributed by atoms with Crippen molar-refractivity contribution in [1.82, 2.24) is 4.90 Å². The van der Waals surface area contributed by atoms with Gasteiger partial charge in [0.2, 0.25) is 6.41 Å². The molecule has 0 fully saturated rings. The molecule has 0 aliphatic rings. The van der Waals surface area contributed by atoms with E-state index in [-0.39, 0.29) is 12.1 Å². The molecule has 25 heavy (non-hydrogen) atoms. The average molecular weight is 341 g/mol. The second-order valence-corrected chi connectivity index (χ2v) is 6.36.